The topological polar surface area (TPSA) is 98.5 Å². The first-order chi connectivity index (χ1) is 18.0. The van der Waals surface area contributed by atoms with Gasteiger partial charge in [0.05, 0.1) is 17.1 Å². The molecule has 0 radical (unpaired) electrons. The van der Waals surface area contributed by atoms with Crippen molar-refractivity contribution < 1.29 is 9.59 Å². The van der Waals surface area contributed by atoms with E-state index in [1.165, 1.54) is 0 Å². The molecule has 0 bridgehead atoms. The molecule has 1 aliphatic carbocycles. The van der Waals surface area contributed by atoms with Gasteiger partial charge in [-0.05, 0) is 81.8 Å². The van der Waals surface area contributed by atoms with Crippen molar-refractivity contribution in [2.75, 3.05) is 38.7 Å². The van der Waals surface area contributed by atoms with Crippen LogP contribution in [0.2, 0.25) is 0 Å². The van der Waals surface area contributed by atoms with Crippen LogP contribution in [0.3, 0.4) is 0 Å². The van der Waals surface area contributed by atoms with Crippen molar-refractivity contribution in [3.63, 3.8) is 0 Å². The third kappa shape index (κ3) is 9.64. The van der Waals surface area contributed by atoms with Crippen LogP contribution in [0, 0.1) is 0 Å². The number of benzene rings is 2. The van der Waals surface area contributed by atoms with E-state index in [0.717, 1.165) is 29.3 Å². The minimum atomic E-state index is -0.119. The molecule has 0 aliphatic heterocycles. The third-order valence-corrected chi connectivity index (χ3v) is 7.88. The third-order valence-electron chi connectivity index (χ3n) is 5.47. The number of rotatable bonds is 13. The van der Waals surface area contributed by atoms with Crippen LogP contribution in [-0.4, -0.2) is 68.2 Å². The van der Waals surface area contributed by atoms with Gasteiger partial charge in [0, 0.05) is 41.8 Å². The summed E-state index contributed by atoms with van der Waals surface area (Å²) in [5, 5.41) is 14.4. The molecule has 0 fully saturated rings. The van der Waals surface area contributed by atoms with Crippen LogP contribution < -0.4 is 10.6 Å². The van der Waals surface area contributed by atoms with Crippen molar-refractivity contribution in [1.29, 1.82) is 0 Å². The first-order valence-corrected chi connectivity index (χ1v) is 14.4. The summed E-state index contributed by atoms with van der Waals surface area (Å²) in [6.07, 6.45) is 7.09. The number of aliphatic imine (C=N–C) groups is 1. The Bertz CT molecular complexity index is 1140. The number of hydrogen-bond donors (Lipinski definition) is 2. The predicted octanol–water partition coefficient (Wildman–Crippen LogP) is 5.42. The van der Waals surface area contributed by atoms with Gasteiger partial charge in [0.1, 0.15) is 0 Å². The van der Waals surface area contributed by atoms with Crippen LogP contribution in [0.5, 0.6) is 0 Å². The minimum Gasteiger partial charge on any atom is -0.351 e. The molecule has 10 heteroatoms. The summed E-state index contributed by atoms with van der Waals surface area (Å²) in [6, 6.07) is 14.5. The van der Waals surface area contributed by atoms with Gasteiger partial charge in [0.15, 0.2) is 0 Å². The van der Waals surface area contributed by atoms with Crippen LogP contribution in [0.25, 0.3) is 0 Å². The van der Waals surface area contributed by atoms with Gasteiger partial charge in [-0.2, -0.15) is 10.2 Å². The lowest BCUT2D eigenvalue weighted by Gasteiger charge is -2.21. The van der Waals surface area contributed by atoms with Gasteiger partial charge < -0.3 is 15.5 Å². The Balaban J connectivity index is 1.27. The zero-order valence-corrected chi connectivity index (χ0v) is 22.7. The predicted molar refractivity (Wildman–Crippen MR) is 156 cm³/mol. The fourth-order valence-electron chi connectivity index (χ4n) is 3.30. The molecule has 8 nitrogen and oxygen atoms in total. The average molecular weight is 537 g/mol. The Hall–Kier alpha value is -3.21. The summed E-state index contributed by atoms with van der Waals surface area (Å²) >= 11 is 0. The van der Waals surface area contributed by atoms with Gasteiger partial charge in [-0.3, -0.25) is 14.6 Å². The molecule has 3 rings (SSSR count). The fraction of sp³-hybridized carbons (Fsp3) is 0.296. The summed E-state index contributed by atoms with van der Waals surface area (Å²) in [6.45, 7) is 4.59. The molecule has 37 heavy (non-hydrogen) atoms. The highest BCUT2D eigenvalue weighted by molar-refractivity contribution is 8.76. The van der Waals surface area contributed by atoms with Gasteiger partial charge in [-0.25, -0.2) is 0 Å². The molecule has 0 saturated carbocycles. The lowest BCUT2D eigenvalue weighted by Crippen LogP contribution is -2.26. The Morgan fingerprint density at radius 2 is 1.43 bits per heavy atom. The highest BCUT2D eigenvalue weighted by atomic mass is 33.1. The molecule has 1 unspecified atom stereocenters. The van der Waals surface area contributed by atoms with Gasteiger partial charge in [0.25, 0.3) is 11.8 Å². The van der Waals surface area contributed by atoms with Crippen molar-refractivity contribution in [3.8, 4) is 0 Å². The summed E-state index contributed by atoms with van der Waals surface area (Å²) < 4.78 is 0. The maximum atomic E-state index is 12.4. The normalized spacial score (nSPS) is 15.0. The zero-order valence-electron chi connectivity index (χ0n) is 21.1. The number of allylic oxidation sites excluding steroid dienone is 1. The number of likely N-dealkylation sites (N-methyl/N-ethyl adjacent to an activating group) is 1. The van der Waals surface area contributed by atoms with Gasteiger partial charge in [-0.15, -0.1) is 0 Å². The molecule has 0 heterocycles. The monoisotopic (exact) mass is 536 g/mol. The van der Waals surface area contributed by atoms with E-state index in [1.54, 1.807) is 70.1 Å². The lowest BCUT2D eigenvalue weighted by atomic mass is 10.1. The van der Waals surface area contributed by atoms with Gasteiger partial charge in [-0.1, -0.05) is 33.7 Å². The number of carbonyl (C=O) groups excluding carboxylic acids is 2. The SMILES string of the molecule is C=Nc1ccc(C(=O)NCCSSCCNC(=O)c2ccc(/N=N/C3=CCC(N(C)C)C=C3)cc2)cc1. The molecule has 1 atom stereocenters. The standard InChI is InChI=1S/C27H32N6O2S2/c1-28-22-8-4-20(5-9-22)26(34)29-16-18-36-37-19-17-30-27(35)21-6-10-23(11-7-21)31-32-24-12-14-25(15-13-24)33(2)3/h4-14,25H,1,15-19H2,2-3H3,(H,29,34)(H,30,35)/b32-31+. The van der Waals surface area contributed by atoms with E-state index in [4.69, 9.17) is 0 Å². The Morgan fingerprint density at radius 3 is 1.89 bits per heavy atom. The van der Waals surface area contributed by atoms with E-state index < -0.39 is 0 Å². The molecule has 2 aromatic carbocycles. The van der Waals surface area contributed by atoms with Crippen molar-refractivity contribution in [1.82, 2.24) is 15.5 Å². The molecule has 2 aromatic rings. The summed E-state index contributed by atoms with van der Waals surface area (Å²) in [7, 11) is 7.43. The number of nitrogens with zero attached hydrogens (tertiary/aromatic N) is 4. The van der Waals surface area contributed by atoms with E-state index in [9.17, 15) is 9.59 Å². The molecule has 2 amide bonds. The Kier molecular flexibility index (Phi) is 11.6. The van der Waals surface area contributed by atoms with E-state index in [2.05, 4.69) is 63.7 Å². The van der Waals surface area contributed by atoms with Crippen LogP contribution in [-0.2, 0) is 0 Å². The van der Waals surface area contributed by atoms with Crippen molar-refractivity contribution in [3.05, 3.63) is 83.6 Å². The quantitative estimate of drug-likeness (QED) is 0.154. The molecule has 0 saturated heterocycles. The van der Waals surface area contributed by atoms with Crippen molar-refractivity contribution in [2.45, 2.75) is 12.5 Å². The van der Waals surface area contributed by atoms with E-state index in [-0.39, 0.29) is 11.8 Å². The Morgan fingerprint density at radius 1 is 0.892 bits per heavy atom. The smallest absolute Gasteiger partial charge is 0.251 e. The highest BCUT2D eigenvalue weighted by Gasteiger charge is 2.10. The zero-order chi connectivity index (χ0) is 26.5. The van der Waals surface area contributed by atoms with E-state index in [1.807, 2.05) is 6.08 Å². The number of azo groups is 1. The molecule has 1 aliphatic rings. The summed E-state index contributed by atoms with van der Waals surface area (Å²) in [5.74, 6) is 1.31. The molecule has 194 valence electrons. The average Bonchev–Trinajstić information content (AvgIpc) is 2.93. The summed E-state index contributed by atoms with van der Waals surface area (Å²) in [4.78, 5) is 30.5. The highest BCUT2D eigenvalue weighted by Crippen LogP contribution is 2.21. The number of hydrogen-bond acceptors (Lipinski definition) is 8. The number of nitrogens with one attached hydrogen (secondary N) is 2. The number of amides is 2. The molecule has 0 aromatic heterocycles. The molecular formula is C27H32N6O2S2. The van der Waals surface area contributed by atoms with Crippen LogP contribution in [0.4, 0.5) is 11.4 Å². The van der Waals surface area contributed by atoms with Crippen LogP contribution in [0.1, 0.15) is 27.1 Å². The van der Waals surface area contributed by atoms with Crippen LogP contribution in [0.15, 0.2) is 87.7 Å². The maximum Gasteiger partial charge on any atom is 0.251 e. The van der Waals surface area contributed by atoms with Gasteiger partial charge in [0.2, 0.25) is 0 Å². The molecule has 0 spiro atoms. The molecule has 2 N–H and O–H groups in total. The van der Waals surface area contributed by atoms with Crippen LogP contribution >= 0.6 is 21.6 Å². The second-order valence-corrected chi connectivity index (χ2v) is 11.1. The molecular weight excluding hydrogens is 504 g/mol. The van der Waals surface area contributed by atoms with E-state index in [0.29, 0.717) is 35.9 Å². The van der Waals surface area contributed by atoms with Crippen molar-refractivity contribution >= 4 is 51.5 Å². The second kappa shape index (κ2) is 15.1. The first-order valence-electron chi connectivity index (χ1n) is 11.9. The number of carbonyl (C=O) groups is 2. The largest absolute Gasteiger partial charge is 0.351 e. The van der Waals surface area contributed by atoms with Gasteiger partial charge >= 0.3 is 0 Å². The summed E-state index contributed by atoms with van der Waals surface area (Å²) in [5.41, 5.74) is 3.46. The maximum absolute atomic E-state index is 12.4. The van der Waals surface area contributed by atoms with Crippen molar-refractivity contribution in [2.24, 2.45) is 15.2 Å². The fourth-order valence-corrected chi connectivity index (χ4v) is 5.12. The Labute approximate surface area is 226 Å². The van der Waals surface area contributed by atoms with E-state index >= 15 is 0 Å². The second-order valence-electron chi connectivity index (χ2n) is 8.36. The first kappa shape index (κ1) is 28.4. The lowest BCUT2D eigenvalue weighted by molar-refractivity contribution is 0.0948. The minimum absolute atomic E-state index is 0.109.